The van der Waals surface area contributed by atoms with E-state index in [1.165, 1.54) is 6.07 Å². The Labute approximate surface area is 108 Å². The van der Waals surface area contributed by atoms with Crippen molar-refractivity contribution in [2.45, 2.75) is 6.61 Å². The molecular formula is C15H12O4. The second kappa shape index (κ2) is 4.40. The molecule has 0 aliphatic heterocycles. The van der Waals surface area contributed by atoms with Gasteiger partial charge in [0.05, 0.1) is 12.0 Å². The van der Waals surface area contributed by atoms with Crippen LogP contribution in [-0.2, 0) is 11.3 Å². The van der Waals surface area contributed by atoms with Crippen LogP contribution in [0.25, 0.3) is 21.7 Å². The molecular weight excluding hydrogens is 244 g/mol. The van der Waals surface area contributed by atoms with E-state index >= 15 is 0 Å². The van der Waals surface area contributed by atoms with Gasteiger partial charge in [0.15, 0.2) is 0 Å². The van der Waals surface area contributed by atoms with Crippen molar-refractivity contribution in [2.24, 2.45) is 0 Å². The van der Waals surface area contributed by atoms with Crippen molar-refractivity contribution in [3.8, 4) is 5.75 Å². The van der Waals surface area contributed by atoms with Crippen LogP contribution < -0.4 is 5.63 Å². The second-order valence-corrected chi connectivity index (χ2v) is 4.38. The summed E-state index contributed by atoms with van der Waals surface area (Å²) >= 11 is 0. The second-order valence-electron chi connectivity index (χ2n) is 4.38. The molecule has 0 saturated heterocycles. The summed E-state index contributed by atoms with van der Waals surface area (Å²) in [6.45, 7) is 0.447. The molecule has 96 valence electrons. The van der Waals surface area contributed by atoms with E-state index in [9.17, 15) is 9.90 Å². The average molecular weight is 256 g/mol. The Kier molecular flexibility index (Phi) is 2.72. The summed E-state index contributed by atoms with van der Waals surface area (Å²) in [4.78, 5) is 12.0. The minimum absolute atomic E-state index is 0.0750. The van der Waals surface area contributed by atoms with E-state index in [4.69, 9.17) is 9.15 Å². The molecule has 19 heavy (non-hydrogen) atoms. The Bertz CT molecular complexity index is 817. The van der Waals surface area contributed by atoms with Crippen molar-refractivity contribution in [1.29, 1.82) is 0 Å². The Morgan fingerprint density at radius 1 is 1.11 bits per heavy atom. The summed E-state index contributed by atoms with van der Waals surface area (Å²) in [6.07, 6.45) is 0. The molecule has 3 rings (SSSR count). The largest absolute Gasteiger partial charge is 0.508 e. The standard InChI is InChI=1S/C15H12O4/c1-18-8-9-2-4-11-12-5-3-10(16)7-14(12)19-15(17)13(11)6-9/h2-7,16H,8H2,1H3. The smallest absolute Gasteiger partial charge is 0.344 e. The normalized spacial score (nSPS) is 11.2. The van der Waals surface area contributed by atoms with Gasteiger partial charge in [0, 0.05) is 18.6 Å². The molecule has 0 amide bonds. The number of hydrogen-bond donors (Lipinski definition) is 1. The molecule has 3 aromatic rings. The summed E-state index contributed by atoms with van der Waals surface area (Å²) in [5.41, 5.74) is 0.892. The first-order chi connectivity index (χ1) is 9.19. The maximum absolute atomic E-state index is 12.0. The molecule has 0 fully saturated rings. The summed E-state index contributed by atoms with van der Waals surface area (Å²) in [7, 11) is 1.61. The van der Waals surface area contributed by atoms with E-state index in [0.717, 1.165) is 16.3 Å². The highest BCUT2D eigenvalue weighted by molar-refractivity contribution is 6.04. The fourth-order valence-corrected chi connectivity index (χ4v) is 2.22. The Hall–Kier alpha value is -2.33. The van der Waals surface area contributed by atoms with Crippen molar-refractivity contribution in [3.05, 3.63) is 52.4 Å². The number of phenolic OH excluding ortho intramolecular Hbond substituents is 1. The molecule has 1 aromatic heterocycles. The van der Waals surface area contributed by atoms with Crippen molar-refractivity contribution in [3.63, 3.8) is 0 Å². The van der Waals surface area contributed by atoms with Crippen LogP contribution in [0.5, 0.6) is 5.75 Å². The van der Waals surface area contributed by atoms with Gasteiger partial charge in [-0.05, 0) is 29.1 Å². The predicted octanol–water partition coefficient (Wildman–Crippen LogP) is 2.80. The quantitative estimate of drug-likeness (QED) is 0.565. The SMILES string of the molecule is COCc1ccc2c(c1)c(=O)oc1cc(O)ccc12. The van der Waals surface area contributed by atoms with E-state index in [1.54, 1.807) is 25.3 Å². The molecule has 0 aliphatic rings. The zero-order valence-corrected chi connectivity index (χ0v) is 10.3. The van der Waals surface area contributed by atoms with Crippen LogP contribution in [-0.4, -0.2) is 12.2 Å². The lowest BCUT2D eigenvalue weighted by atomic mass is 10.1. The van der Waals surface area contributed by atoms with Crippen LogP contribution in [0.15, 0.2) is 45.6 Å². The van der Waals surface area contributed by atoms with Crippen molar-refractivity contribution in [1.82, 2.24) is 0 Å². The Balaban J connectivity index is 2.39. The van der Waals surface area contributed by atoms with E-state index in [1.807, 2.05) is 12.1 Å². The van der Waals surface area contributed by atoms with Crippen LogP contribution in [0.2, 0.25) is 0 Å². The van der Waals surface area contributed by atoms with Crippen molar-refractivity contribution >= 4 is 21.7 Å². The van der Waals surface area contributed by atoms with Gasteiger partial charge in [0.25, 0.3) is 0 Å². The van der Waals surface area contributed by atoms with Crippen molar-refractivity contribution < 1.29 is 14.3 Å². The average Bonchev–Trinajstić information content (AvgIpc) is 2.39. The van der Waals surface area contributed by atoms with Crippen LogP contribution >= 0.6 is 0 Å². The summed E-state index contributed by atoms with van der Waals surface area (Å²) < 4.78 is 10.3. The highest BCUT2D eigenvalue weighted by atomic mass is 16.5. The molecule has 0 bridgehead atoms. The van der Waals surface area contributed by atoms with Crippen LogP contribution in [0.3, 0.4) is 0 Å². The number of ether oxygens (including phenoxy) is 1. The zero-order valence-electron chi connectivity index (χ0n) is 10.3. The Morgan fingerprint density at radius 3 is 2.68 bits per heavy atom. The molecule has 1 heterocycles. The fourth-order valence-electron chi connectivity index (χ4n) is 2.22. The number of hydrogen-bond acceptors (Lipinski definition) is 4. The third kappa shape index (κ3) is 1.96. The molecule has 4 nitrogen and oxygen atoms in total. The predicted molar refractivity (Wildman–Crippen MR) is 72.4 cm³/mol. The Morgan fingerprint density at radius 2 is 1.89 bits per heavy atom. The van der Waals surface area contributed by atoms with Crippen LogP contribution in [0.1, 0.15) is 5.56 Å². The number of aromatic hydroxyl groups is 1. The zero-order chi connectivity index (χ0) is 13.4. The van der Waals surface area contributed by atoms with Gasteiger partial charge in [-0.15, -0.1) is 0 Å². The van der Waals surface area contributed by atoms with Gasteiger partial charge < -0.3 is 14.3 Å². The minimum Gasteiger partial charge on any atom is -0.508 e. The lowest BCUT2D eigenvalue weighted by Gasteiger charge is -2.05. The van der Waals surface area contributed by atoms with E-state index in [2.05, 4.69) is 0 Å². The third-order valence-electron chi connectivity index (χ3n) is 3.07. The van der Waals surface area contributed by atoms with Crippen LogP contribution in [0.4, 0.5) is 0 Å². The summed E-state index contributed by atoms with van der Waals surface area (Å²) in [6, 6.07) is 10.3. The monoisotopic (exact) mass is 256 g/mol. The van der Waals surface area contributed by atoms with Gasteiger partial charge in [0.1, 0.15) is 11.3 Å². The van der Waals surface area contributed by atoms with Gasteiger partial charge in [-0.2, -0.15) is 0 Å². The highest BCUT2D eigenvalue weighted by Crippen LogP contribution is 2.26. The lowest BCUT2D eigenvalue weighted by molar-refractivity contribution is 0.185. The van der Waals surface area contributed by atoms with E-state index in [-0.39, 0.29) is 5.75 Å². The minimum atomic E-state index is -0.411. The third-order valence-corrected chi connectivity index (χ3v) is 3.07. The summed E-state index contributed by atoms with van der Waals surface area (Å²) in [5, 5.41) is 11.6. The van der Waals surface area contributed by atoms with E-state index in [0.29, 0.717) is 17.6 Å². The molecule has 1 N–H and O–H groups in total. The van der Waals surface area contributed by atoms with Gasteiger partial charge in [-0.1, -0.05) is 12.1 Å². The molecule has 0 aliphatic carbocycles. The molecule has 0 radical (unpaired) electrons. The highest BCUT2D eigenvalue weighted by Gasteiger charge is 2.08. The first kappa shape index (κ1) is 11.7. The fraction of sp³-hybridized carbons (Fsp3) is 0.133. The molecule has 0 atom stereocenters. The van der Waals surface area contributed by atoms with Crippen LogP contribution in [0, 0.1) is 0 Å². The number of rotatable bonds is 2. The first-order valence-corrected chi connectivity index (χ1v) is 5.86. The number of benzene rings is 2. The number of fused-ring (bicyclic) bond motifs is 3. The molecule has 0 unspecified atom stereocenters. The van der Waals surface area contributed by atoms with Gasteiger partial charge >= 0.3 is 5.63 Å². The van der Waals surface area contributed by atoms with Gasteiger partial charge in [-0.25, -0.2) is 4.79 Å². The topological polar surface area (TPSA) is 59.7 Å². The summed E-state index contributed by atoms with van der Waals surface area (Å²) in [5.74, 6) is 0.0750. The molecule has 4 heteroatoms. The molecule has 0 saturated carbocycles. The van der Waals surface area contributed by atoms with Crippen molar-refractivity contribution in [2.75, 3.05) is 7.11 Å². The maximum atomic E-state index is 12.0. The van der Waals surface area contributed by atoms with E-state index < -0.39 is 5.63 Å². The van der Waals surface area contributed by atoms with Gasteiger partial charge in [-0.3, -0.25) is 0 Å². The molecule has 0 spiro atoms. The number of phenols is 1. The molecule has 2 aromatic carbocycles. The first-order valence-electron chi connectivity index (χ1n) is 5.86. The lowest BCUT2D eigenvalue weighted by Crippen LogP contribution is -2.01. The number of methoxy groups -OCH3 is 1. The van der Waals surface area contributed by atoms with Gasteiger partial charge in [0.2, 0.25) is 0 Å². The maximum Gasteiger partial charge on any atom is 0.344 e.